The van der Waals surface area contributed by atoms with Crippen molar-refractivity contribution in [1.29, 1.82) is 0 Å². The molecular formula is C10H20ClNO3S. The number of alkyl halides is 1. The van der Waals surface area contributed by atoms with Gasteiger partial charge in [-0.1, -0.05) is 12.8 Å². The van der Waals surface area contributed by atoms with Gasteiger partial charge in [-0.2, -0.15) is 0 Å². The summed E-state index contributed by atoms with van der Waals surface area (Å²) in [6, 6.07) is -0.297. The first-order chi connectivity index (χ1) is 7.55. The lowest BCUT2D eigenvalue weighted by molar-refractivity contribution is 0.101. The second-order valence-corrected chi connectivity index (χ2v) is 6.54. The highest BCUT2D eigenvalue weighted by Gasteiger charge is 2.26. The van der Waals surface area contributed by atoms with Crippen LogP contribution in [0.25, 0.3) is 0 Å². The Balaban J connectivity index is 2.38. The second kappa shape index (κ2) is 6.79. The molecule has 2 N–H and O–H groups in total. The molecule has 1 aliphatic rings. The van der Waals surface area contributed by atoms with E-state index < -0.39 is 16.1 Å². The summed E-state index contributed by atoms with van der Waals surface area (Å²) in [4.78, 5) is 0. The number of hydrogen-bond donors (Lipinski definition) is 2. The zero-order valence-electron chi connectivity index (χ0n) is 9.36. The molecule has 6 heteroatoms. The van der Waals surface area contributed by atoms with Crippen LogP contribution in [0.5, 0.6) is 0 Å². The van der Waals surface area contributed by atoms with Crippen molar-refractivity contribution in [3.05, 3.63) is 0 Å². The number of sulfonamides is 1. The molecule has 0 radical (unpaired) electrons. The monoisotopic (exact) mass is 269 g/mol. The van der Waals surface area contributed by atoms with Crippen LogP contribution in [-0.4, -0.2) is 37.3 Å². The standard InChI is InChI=1S/C10H20ClNO3S/c11-7-3-4-8-16(14,15)12-9-5-1-2-6-10(9)13/h9-10,12-13H,1-8H2. The van der Waals surface area contributed by atoms with Gasteiger partial charge in [-0.05, 0) is 25.7 Å². The van der Waals surface area contributed by atoms with Gasteiger partial charge >= 0.3 is 0 Å². The maximum Gasteiger partial charge on any atom is 0.211 e. The smallest absolute Gasteiger partial charge is 0.211 e. The van der Waals surface area contributed by atoms with Crippen LogP contribution in [0, 0.1) is 0 Å². The molecular weight excluding hydrogens is 250 g/mol. The molecule has 96 valence electrons. The van der Waals surface area contributed by atoms with E-state index in [0.29, 0.717) is 25.1 Å². The first kappa shape index (κ1) is 14.2. The van der Waals surface area contributed by atoms with E-state index >= 15 is 0 Å². The molecule has 0 aliphatic heterocycles. The maximum atomic E-state index is 11.7. The Hall–Kier alpha value is 0.160. The summed E-state index contributed by atoms with van der Waals surface area (Å²) in [5.74, 6) is 0.588. The first-order valence-corrected chi connectivity index (χ1v) is 7.98. The number of rotatable bonds is 6. The second-order valence-electron chi connectivity index (χ2n) is 4.29. The van der Waals surface area contributed by atoms with Crippen LogP contribution in [0.4, 0.5) is 0 Å². The van der Waals surface area contributed by atoms with Crippen molar-refractivity contribution in [3.8, 4) is 0 Å². The lowest BCUT2D eigenvalue weighted by atomic mass is 9.93. The van der Waals surface area contributed by atoms with Crippen LogP contribution in [0.15, 0.2) is 0 Å². The molecule has 0 amide bonds. The summed E-state index contributed by atoms with van der Waals surface area (Å²) in [6.07, 6.45) is 4.12. The van der Waals surface area contributed by atoms with Crippen molar-refractivity contribution in [2.75, 3.05) is 11.6 Å². The third-order valence-electron chi connectivity index (χ3n) is 2.86. The summed E-state index contributed by atoms with van der Waals surface area (Å²) in [5, 5.41) is 9.66. The lowest BCUT2D eigenvalue weighted by Gasteiger charge is -2.28. The minimum Gasteiger partial charge on any atom is -0.391 e. The molecule has 0 saturated heterocycles. The average molecular weight is 270 g/mol. The number of aliphatic hydroxyl groups is 1. The number of aliphatic hydroxyl groups excluding tert-OH is 1. The first-order valence-electron chi connectivity index (χ1n) is 5.79. The largest absolute Gasteiger partial charge is 0.391 e. The zero-order valence-corrected chi connectivity index (χ0v) is 10.9. The van der Waals surface area contributed by atoms with Crippen LogP contribution in [0.1, 0.15) is 38.5 Å². The van der Waals surface area contributed by atoms with E-state index in [1.54, 1.807) is 0 Å². The minimum atomic E-state index is -3.26. The molecule has 2 atom stereocenters. The van der Waals surface area contributed by atoms with Crippen molar-refractivity contribution < 1.29 is 13.5 Å². The van der Waals surface area contributed by atoms with E-state index in [1.807, 2.05) is 0 Å². The van der Waals surface area contributed by atoms with Crippen molar-refractivity contribution in [2.24, 2.45) is 0 Å². The van der Waals surface area contributed by atoms with Gasteiger partial charge in [0, 0.05) is 11.9 Å². The summed E-state index contributed by atoms with van der Waals surface area (Å²) in [5.41, 5.74) is 0. The zero-order chi connectivity index (χ0) is 12.0. The highest BCUT2D eigenvalue weighted by atomic mass is 35.5. The van der Waals surface area contributed by atoms with Gasteiger partial charge in [0.1, 0.15) is 0 Å². The van der Waals surface area contributed by atoms with Gasteiger partial charge in [-0.3, -0.25) is 0 Å². The molecule has 0 spiro atoms. The van der Waals surface area contributed by atoms with Crippen molar-refractivity contribution >= 4 is 21.6 Å². The quantitative estimate of drug-likeness (QED) is 0.563. The van der Waals surface area contributed by atoms with Crippen molar-refractivity contribution in [1.82, 2.24) is 4.72 Å². The number of hydrogen-bond acceptors (Lipinski definition) is 3. The number of nitrogens with one attached hydrogen (secondary N) is 1. The molecule has 1 fully saturated rings. The fourth-order valence-corrected chi connectivity index (χ4v) is 3.55. The molecule has 0 aromatic carbocycles. The molecule has 0 aromatic heterocycles. The van der Waals surface area contributed by atoms with E-state index in [1.165, 1.54) is 0 Å². The Labute approximate surface area is 102 Å². The summed E-state index contributed by atoms with van der Waals surface area (Å²) in [7, 11) is -3.26. The molecule has 0 bridgehead atoms. The van der Waals surface area contributed by atoms with Gasteiger partial charge < -0.3 is 5.11 Å². The molecule has 1 aliphatic carbocycles. The highest BCUT2D eigenvalue weighted by Crippen LogP contribution is 2.19. The Morgan fingerprint density at radius 2 is 1.94 bits per heavy atom. The van der Waals surface area contributed by atoms with Crippen molar-refractivity contribution in [2.45, 2.75) is 50.7 Å². The number of halogens is 1. The van der Waals surface area contributed by atoms with Crippen LogP contribution < -0.4 is 4.72 Å². The van der Waals surface area contributed by atoms with Crippen LogP contribution in [0.2, 0.25) is 0 Å². The van der Waals surface area contributed by atoms with E-state index in [4.69, 9.17) is 11.6 Å². The Kier molecular flexibility index (Phi) is 6.03. The predicted molar refractivity (Wildman–Crippen MR) is 65.1 cm³/mol. The van der Waals surface area contributed by atoms with Gasteiger partial charge in [0.15, 0.2) is 0 Å². The number of unbranched alkanes of at least 4 members (excludes halogenated alkanes) is 1. The summed E-state index contributed by atoms with van der Waals surface area (Å²) < 4.78 is 25.9. The fraction of sp³-hybridized carbons (Fsp3) is 1.00. The molecule has 2 unspecified atom stereocenters. The maximum absolute atomic E-state index is 11.7. The van der Waals surface area contributed by atoms with Crippen molar-refractivity contribution in [3.63, 3.8) is 0 Å². The third-order valence-corrected chi connectivity index (χ3v) is 4.61. The highest BCUT2D eigenvalue weighted by molar-refractivity contribution is 7.89. The lowest BCUT2D eigenvalue weighted by Crippen LogP contribution is -2.45. The summed E-state index contributed by atoms with van der Waals surface area (Å²) >= 11 is 5.49. The average Bonchev–Trinajstić information content (AvgIpc) is 2.21. The van der Waals surface area contributed by atoms with Gasteiger partial charge in [-0.25, -0.2) is 13.1 Å². The van der Waals surface area contributed by atoms with Crippen LogP contribution in [-0.2, 0) is 10.0 Å². The molecule has 4 nitrogen and oxygen atoms in total. The molecule has 0 heterocycles. The Bertz CT molecular complexity index is 294. The van der Waals surface area contributed by atoms with E-state index in [9.17, 15) is 13.5 Å². The molecule has 16 heavy (non-hydrogen) atoms. The van der Waals surface area contributed by atoms with Gasteiger partial charge in [0.05, 0.1) is 11.9 Å². The molecule has 0 aromatic rings. The van der Waals surface area contributed by atoms with Crippen LogP contribution >= 0.6 is 11.6 Å². The van der Waals surface area contributed by atoms with E-state index in [0.717, 1.165) is 19.3 Å². The van der Waals surface area contributed by atoms with Gasteiger partial charge in [0.2, 0.25) is 10.0 Å². The Morgan fingerprint density at radius 1 is 1.25 bits per heavy atom. The SMILES string of the molecule is O=S(=O)(CCCCCl)NC1CCCCC1O. The molecule has 1 saturated carbocycles. The van der Waals surface area contributed by atoms with Gasteiger partial charge in [0.25, 0.3) is 0 Å². The van der Waals surface area contributed by atoms with E-state index in [-0.39, 0.29) is 11.8 Å². The van der Waals surface area contributed by atoms with Crippen LogP contribution in [0.3, 0.4) is 0 Å². The summed E-state index contributed by atoms with van der Waals surface area (Å²) in [6.45, 7) is 0. The topological polar surface area (TPSA) is 66.4 Å². The normalized spacial score (nSPS) is 26.9. The minimum absolute atomic E-state index is 0.100. The fourth-order valence-electron chi connectivity index (χ4n) is 1.92. The molecule has 1 rings (SSSR count). The third kappa shape index (κ3) is 4.99. The van der Waals surface area contributed by atoms with Gasteiger partial charge in [-0.15, -0.1) is 11.6 Å². The Morgan fingerprint density at radius 3 is 2.56 bits per heavy atom. The predicted octanol–water partition coefficient (Wildman–Crippen LogP) is 1.23. The van der Waals surface area contributed by atoms with E-state index in [2.05, 4.69) is 4.72 Å².